The van der Waals surface area contributed by atoms with Crippen LogP contribution in [-0.4, -0.2) is 24.7 Å². The van der Waals surface area contributed by atoms with Crippen molar-refractivity contribution in [1.29, 1.82) is 5.26 Å². The molecule has 0 fully saturated rings. The Morgan fingerprint density at radius 1 is 1.45 bits per heavy atom. The monoisotopic (exact) mass is 291 g/mol. The molecule has 0 aliphatic rings. The molecule has 7 nitrogen and oxygen atoms in total. The van der Waals surface area contributed by atoms with Crippen molar-refractivity contribution in [2.45, 2.75) is 11.4 Å². The maximum atomic E-state index is 12.1. The van der Waals surface area contributed by atoms with Gasteiger partial charge in [-0.05, 0) is 24.3 Å². The first-order valence-electron chi connectivity index (χ1n) is 5.79. The first kappa shape index (κ1) is 14.0. The molecule has 2 aromatic rings. The molecule has 3 N–H and O–H groups in total. The summed E-state index contributed by atoms with van der Waals surface area (Å²) in [5, 5.41) is 12.9. The zero-order valence-electron chi connectivity index (χ0n) is 10.5. The highest BCUT2D eigenvalue weighted by Crippen LogP contribution is 2.17. The van der Waals surface area contributed by atoms with E-state index >= 15 is 0 Å². The van der Waals surface area contributed by atoms with Crippen molar-refractivity contribution in [2.75, 3.05) is 12.3 Å². The van der Waals surface area contributed by atoms with E-state index in [1.54, 1.807) is 23.1 Å². The number of sulfonamides is 1. The van der Waals surface area contributed by atoms with Crippen LogP contribution in [0.25, 0.3) is 0 Å². The summed E-state index contributed by atoms with van der Waals surface area (Å²) in [4.78, 5) is -0.0744. The van der Waals surface area contributed by atoms with E-state index in [0.717, 1.165) is 0 Å². The molecule has 0 saturated carbocycles. The fourth-order valence-corrected chi connectivity index (χ4v) is 2.83. The number of nitrogens with two attached hydrogens (primary N) is 1. The first-order chi connectivity index (χ1) is 9.53. The van der Waals surface area contributed by atoms with Crippen LogP contribution in [0.3, 0.4) is 0 Å². The molecule has 0 aliphatic heterocycles. The summed E-state index contributed by atoms with van der Waals surface area (Å²) in [6.45, 7) is 0.586. The molecule has 20 heavy (non-hydrogen) atoms. The van der Waals surface area contributed by atoms with Gasteiger partial charge >= 0.3 is 0 Å². The Bertz CT molecular complexity index is 732. The summed E-state index contributed by atoms with van der Waals surface area (Å²) >= 11 is 0. The van der Waals surface area contributed by atoms with Gasteiger partial charge in [-0.3, -0.25) is 4.68 Å². The topological polar surface area (TPSA) is 114 Å². The summed E-state index contributed by atoms with van der Waals surface area (Å²) in [5.74, 6) is 0. The van der Waals surface area contributed by atoms with Crippen LogP contribution in [0.15, 0.2) is 41.6 Å². The minimum atomic E-state index is -3.74. The number of nitrogens with one attached hydrogen (secondary N) is 1. The lowest BCUT2D eigenvalue weighted by Gasteiger charge is -2.08. The molecule has 0 saturated heterocycles. The predicted octanol–water partition coefficient (Wildman–Crippen LogP) is 0.315. The quantitative estimate of drug-likeness (QED) is 0.770. The molecule has 0 amide bonds. The molecule has 2 rings (SSSR count). The van der Waals surface area contributed by atoms with Crippen LogP contribution in [0.2, 0.25) is 0 Å². The number of aromatic nitrogens is 2. The van der Waals surface area contributed by atoms with Gasteiger partial charge in [-0.15, -0.1) is 0 Å². The predicted molar refractivity (Wildman–Crippen MR) is 73.0 cm³/mol. The van der Waals surface area contributed by atoms with Gasteiger partial charge in [0.1, 0.15) is 6.07 Å². The Kier molecular flexibility index (Phi) is 4.02. The van der Waals surface area contributed by atoms with E-state index in [4.69, 9.17) is 11.0 Å². The number of benzene rings is 1. The lowest BCUT2D eigenvalue weighted by atomic mass is 10.2. The van der Waals surface area contributed by atoms with E-state index in [-0.39, 0.29) is 17.0 Å². The molecule has 0 atom stereocenters. The third-order valence-corrected chi connectivity index (χ3v) is 4.12. The van der Waals surface area contributed by atoms with Crippen molar-refractivity contribution in [3.05, 3.63) is 42.2 Å². The lowest BCUT2D eigenvalue weighted by Crippen LogP contribution is -2.28. The summed E-state index contributed by atoms with van der Waals surface area (Å²) < 4.78 is 28.3. The van der Waals surface area contributed by atoms with E-state index in [2.05, 4.69) is 9.82 Å². The molecule has 1 aromatic carbocycles. The molecular weight excluding hydrogens is 278 g/mol. The average molecular weight is 291 g/mol. The second-order valence-electron chi connectivity index (χ2n) is 4.03. The van der Waals surface area contributed by atoms with Crippen LogP contribution in [0.5, 0.6) is 0 Å². The zero-order valence-corrected chi connectivity index (χ0v) is 11.3. The number of hydrogen-bond acceptors (Lipinski definition) is 5. The highest BCUT2D eigenvalue weighted by molar-refractivity contribution is 7.89. The SMILES string of the molecule is N#Cc1cc(N)ccc1S(=O)(=O)NCCn1cccn1. The Balaban J connectivity index is 2.12. The van der Waals surface area contributed by atoms with Gasteiger partial charge in [0.05, 0.1) is 17.0 Å². The van der Waals surface area contributed by atoms with Crippen LogP contribution in [-0.2, 0) is 16.6 Å². The summed E-state index contributed by atoms with van der Waals surface area (Å²) in [6, 6.07) is 7.69. The highest BCUT2D eigenvalue weighted by atomic mass is 32.2. The normalized spacial score (nSPS) is 11.2. The molecule has 1 heterocycles. The minimum Gasteiger partial charge on any atom is -0.399 e. The van der Waals surface area contributed by atoms with Crippen LogP contribution in [0.4, 0.5) is 5.69 Å². The van der Waals surface area contributed by atoms with E-state index < -0.39 is 10.0 Å². The molecule has 0 aliphatic carbocycles. The highest BCUT2D eigenvalue weighted by Gasteiger charge is 2.18. The number of rotatable bonds is 5. The van der Waals surface area contributed by atoms with Crippen molar-refractivity contribution < 1.29 is 8.42 Å². The maximum Gasteiger partial charge on any atom is 0.241 e. The summed E-state index contributed by atoms with van der Waals surface area (Å²) in [5.41, 5.74) is 5.90. The summed E-state index contributed by atoms with van der Waals surface area (Å²) in [6.07, 6.45) is 3.35. The lowest BCUT2D eigenvalue weighted by molar-refractivity contribution is 0.560. The van der Waals surface area contributed by atoms with Gasteiger partial charge in [0.2, 0.25) is 10.0 Å². The smallest absolute Gasteiger partial charge is 0.241 e. The standard InChI is InChI=1S/C12H13N5O2S/c13-9-10-8-11(14)2-3-12(10)20(18,19)16-5-7-17-6-1-4-15-17/h1-4,6,8,16H,5,7,14H2. The molecule has 0 bridgehead atoms. The largest absolute Gasteiger partial charge is 0.399 e. The summed E-state index contributed by atoms with van der Waals surface area (Å²) in [7, 11) is -3.74. The Morgan fingerprint density at radius 2 is 2.25 bits per heavy atom. The van der Waals surface area contributed by atoms with Crippen molar-refractivity contribution in [3.63, 3.8) is 0 Å². The van der Waals surface area contributed by atoms with E-state index in [1.165, 1.54) is 18.2 Å². The van der Waals surface area contributed by atoms with Crippen LogP contribution < -0.4 is 10.5 Å². The second-order valence-corrected chi connectivity index (χ2v) is 5.77. The molecular formula is C12H13N5O2S. The van der Waals surface area contributed by atoms with Gasteiger partial charge in [-0.1, -0.05) is 0 Å². The van der Waals surface area contributed by atoms with Crippen molar-refractivity contribution >= 4 is 15.7 Å². The van der Waals surface area contributed by atoms with Gasteiger partial charge in [0.15, 0.2) is 0 Å². The Hall–Kier alpha value is -2.37. The molecule has 104 valence electrons. The number of nitrogens with zero attached hydrogens (tertiary/aromatic N) is 3. The Morgan fingerprint density at radius 3 is 2.90 bits per heavy atom. The zero-order chi connectivity index (χ0) is 14.6. The van der Waals surface area contributed by atoms with Crippen molar-refractivity contribution in [1.82, 2.24) is 14.5 Å². The van der Waals surface area contributed by atoms with E-state index in [0.29, 0.717) is 12.2 Å². The van der Waals surface area contributed by atoms with E-state index in [9.17, 15) is 8.42 Å². The van der Waals surface area contributed by atoms with Crippen LogP contribution >= 0.6 is 0 Å². The van der Waals surface area contributed by atoms with Gasteiger partial charge in [0, 0.05) is 24.6 Å². The number of anilines is 1. The van der Waals surface area contributed by atoms with Crippen molar-refractivity contribution in [2.24, 2.45) is 0 Å². The average Bonchev–Trinajstić information content (AvgIpc) is 2.91. The fraction of sp³-hybridized carbons (Fsp3) is 0.167. The van der Waals surface area contributed by atoms with Gasteiger partial charge in [-0.25, -0.2) is 13.1 Å². The fourth-order valence-electron chi connectivity index (χ4n) is 1.67. The molecule has 0 unspecified atom stereocenters. The van der Waals surface area contributed by atoms with Crippen LogP contribution in [0, 0.1) is 11.3 Å². The third kappa shape index (κ3) is 3.14. The number of hydrogen-bond donors (Lipinski definition) is 2. The van der Waals surface area contributed by atoms with E-state index in [1.807, 2.05) is 6.07 Å². The first-order valence-corrected chi connectivity index (χ1v) is 7.28. The minimum absolute atomic E-state index is 0.0246. The number of nitrogen functional groups attached to an aromatic ring is 1. The third-order valence-electron chi connectivity index (χ3n) is 2.61. The van der Waals surface area contributed by atoms with Gasteiger partial charge in [-0.2, -0.15) is 10.4 Å². The van der Waals surface area contributed by atoms with Gasteiger partial charge in [0.25, 0.3) is 0 Å². The molecule has 0 spiro atoms. The van der Waals surface area contributed by atoms with Gasteiger partial charge < -0.3 is 5.73 Å². The van der Waals surface area contributed by atoms with Crippen LogP contribution in [0.1, 0.15) is 5.56 Å². The second kappa shape index (κ2) is 5.73. The molecule has 1 aromatic heterocycles. The maximum absolute atomic E-state index is 12.1. The molecule has 0 radical (unpaired) electrons. The Labute approximate surface area is 116 Å². The molecule has 8 heteroatoms. The van der Waals surface area contributed by atoms with Crippen molar-refractivity contribution in [3.8, 4) is 6.07 Å². The number of nitriles is 1.